The predicted octanol–water partition coefficient (Wildman–Crippen LogP) is 4.58. The van der Waals surface area contributed by atoms with Gasteiger partial charge in [0.25, 0.3) is 5.91 Å². The molecule has 2 aliphatic rings. The Bertz CT molecular complexity index is 1120. The molecule has 0 saturated carbocycles. The molecule has 0 saturated heterocycles. The third kappa shape index (κ3) is 3.61. The predicted molar refractivity (Wildman–Crippen MR) is 115 cm³/mol. The SMILES string of the molecule is O=C(CN1C=C=C(c2cccs2)C=N1)N1N=C(c2cccs2)CC1c1ccco1. The highest BCUT2D eigenvalue weighted by Gasteiger charge is 2.35. The largest absolute Gasteiger partial charge is 0.467 e. The first-order chi connectivity index (χ1) is 14.3. The van der Waals surface area contributed by atoms with E-state index in [0.29, 0.717) is 6.42 Å². The zero-order chi connectivity index (χ0) is 19.6. The van der Waals surface area contributed by atoms with Crippen molar-refractivity contribution in [2.24, 2.45) is 10.2 Å². The van der Waals surface area contributed by atoms with Crippen molar-refractivity contribution in [3.8, 4) is 0 Å². The van der Waals surface area contributed by atoms with Crippen molar-refractivity contribution in [3.63, 3.8) is 0 Å². The molecule has 0 N–H and O–H groups in total. The van der Waals surface area contributed by atoms with Crippen molar-refractivity contribution >= 4 is 46.1 Å². The number of hydrogen-bond donors (Lipinski definition) is 0. The van der Waals surface area contributed by atoms with Gasteiger partial charge in [-0.1, -0.05) is 17.9 Å². The van der Waals surface area contributed by atoms with E-state index in [2.05, 4.69) is 15.9 Å². The van der Waals surface area contributed by atoms with Gasteiger partial charge in [-0.3, -0.25) is 9.80 Å². The Morgan fingerprint density at radius 2 is 2.00 bits per heavy atom. The van der Waals surface area contributed by atoms with Crippen LogP contribution in [0.25, 0.3) is 5.57 Å². The topological polar surface area (TPSA) is 61.4 Å². The van der Waals surface area contributed by atoms with Gasteiger partial charge in [0.15, 0.2) is 0 Å². The van der Waals surface area contributed by atoms with E-state index in [-0.39, 0.29) is 18.5 Å². The van der Waals surface area contributed by atoms with E-state index < -0.39 is 0 Å². The summed E-state index contributed by atoms with van der Waals surface area (Å²) < 4.78 is 5.58. The van der Waals surface area contributed by atoms with E-state index in [1.165, 1.54) is 5.01 Å². The van der Waals surface area contributed by atoms with E-state index in [1.807, 2.05) is 47.2 Å². The molecule has 0 aliphatic carbocycles. The summed E-state index contributed by atoms with van der Waals surface area (Å²) in [5.41, 5.74) is 5.00. The van der Waals surface area contributed by atoms with Gasteiger partial charge < -0.3 is 4.42 Å². The number of hydrogen-bond acceptors (Lipinski definition) is 7. The van der Waals surface area contributed by atoms with Crippen molar-refractivity contribution in [2.75, 3.05) is 6.54 Å². The molecule has 0 bridgehead atoms. The standard InChI is InChI=1S/C21H16N4O2S2/c26-21(14-24-8-7-15(13-22-24)19-5-2-10-28-19)25-17(18-4-1-9-27-18)12-16(23-25)20-6-3-11-29-20/h1-6,8-11,13,17H,12,14H2. The molecule has 0 fully saturated rings. The van der Waals surface area contributed by atoms with Crippen LogP contribution in [0.5, 0.6) is 0 Å². The molecule has 0 aromatic carbocycles. The third-order valence-corrected chi connectivity index (χ3v) is 6.45. The van der Waals surface area contributed by atoms with E-state index in [0.717, 1.165) is 26.8 Å². The second-order valence-electron chi connectivity index (χ2n) is 6.50. The monoisotopic (exact) mass is 420 g/mol. The molecule has 6 nitrogen and oxygen atoms in total. The van der Waals surface area contributed by atoms with Gasteiger partial charge in [0, 0.05) is 11.3 Å². The minimum Gasteiger partial charge on any atom is -0.467 e. The smallest absolute Gasteiger partial charge is 0.265 e. The van der Waals surface area contributed by atoms with Crippen molar-refractivity contribution in [1.82, 2.24) is 10.0 Å². The van der Waals surface area contributed by atoms with Crippen molar-refractivity contribution < 1.29 is 9.21 Å². The summed E-state index contributed by atoms with van der Waals surface area (Å²) in [6.45, 7) is 0.0830. The molecule has 5 rings (SSSR count). The van der Waals surface area contributed by atoms with Gasteiger partial charge >= 0.3 is 0 Å². The van der Waals surface area contributed by atoms with Gasteiger partial charge in [-0.05, 0) is 35.0 Å². The van der Waals surface area contributed by atoms with E-state index in [1.54, 1.807) is 46.4 Å². The fraction of sp³-hybridized carbons (Fsp3) is 0.143. The van der Waals surface area contributed by atoms with E-state index >= 15 is 0 Å². The lowest BCUT2D eigenvalue weighted by Crippen LogP contribution is -2.34. The van der Waals surface area contributed by atoms with E-state index in [9.17, 15) is 4.79 Å². The average molecular weight is 421 g/mol. The van der Waals surface area contributed by atoms with Gasteiger partial charge in [0.05, 0.1) is 34.8 Å². The molecular formula is C21H16N4O2S2. The quantitative estimate of drug-likeness (QED) is 0.568. The lowest BCUT2D eigenvalue weighted by molar-refractivity contribution is -0.134. The first-order valence-electron chi connectivity index (χ1n) is 9.06. The number of hydrazone groups is 2. The van der Waals surface area contributed by atoms with Crippen molar-refractivity contribution in [1.29, 1.82) is 0 Å². The van der Waals surface area contributed by atoms with Crippen molar-refractivity contribution in [3.05, 3.63) is 80.9 Å². The summed E-state index contributed by atoms with van der Waals surface area (Å²) in [6, 6.07) is 11.5. The van der Waals surface area contributed by atoms with Gasteiger partial charge in [0.1, 0.15) is 18.3 Å². The maximum atomic E-state index is 13.1. The highest BCUT2D eigenvalue weighted by molar-refractivity contribution is 7.12. The van der Waals surface area contributed by atoms with Crippen LogP contribution in [0.1, 0.15) is 28.0 Å². The molecule has 1 amide bonds. The van der Waals surface area contributed by atoms with Crippen LogP contribution in [0.2, 0.25) is 0 Å². The van der Waals surface area contributed by atoms with Crippen molar-refractivity contribution in [2.45, 2.75) is 12.5 Å². The number of furan rings is 1. The minimum atomic E-state index is -0.246. The van der Waals surface area contributed by atoms with Gasteiger partial charge in [-0.25, -0.2) is 5.01 Å². The third-order valence-electron chi connectivity index (χ3n) is 4.63. The Labute approximate surface area is 175 Å². The molecule has 0 radical (unpaired) electrons. The fourth-order valence-corrected chi connectivity index (χ4v) is 4.67. The van der Waals surface area contributed by atoms with Crippen LogP contribution >= 0.6 is 22.7 Å². The maximum Gasteiger partial charge on any atom is 0.265 e. The van der Waals surface area contributed by atoms with Gasteiger partial charge in [-0.15, -0.1) is 22.7 Å². The Balaban J connectivity index is 1.36. The van der Waals surface area contributed by atoms with Crippen LogP contribution in [0.3, 0.4) is 0 Å². The number of amides is 1. The fourth-order valence-electron chi connectivity index (χ4n) is 3.24. The molecular weight excluding hydrogens is 404 g/mol. The number of carbonyl (C=O) groups is 1. The summed E-state index contributed by atoms with van der Waals surface area (Å²) in [6.07, 6.45) is 5.68. The van der Waals surface area contributed by atoms with Crippen LogP contribution in [-0.2, 0) is 4.79 Å². The molecule has 8 heteroatoms. The van der Waals surface area contributed by atoms with E-state index in [4.69, 9.17) is 4.42 Å². The molecule has 3 aromatic heterocycles. The first-order valence-corrected chi connectivity index (χ1v) is 10.8. The van der Waals surface area contributed by atoms with Gasteiger partial charge in [0.2, 0.25) is 0 Å². The summed E-state index contributed by atoms with van der Waals surface area (Å²) in [5.74, 6) is 0.582. The summed E-state index contributed by atoms with van der Waals surface area (Å²) in [4.78, 5) is 15.2. The van der Waals surface area contributed by atoms with Crippen LogP contribution in [0.4, 0.5) is 0 Å². The molecule has 0 spiro atoms. The molecule has 144 valence electrons. The molecule has 29 heavy (non-hydrogen) atoms. The lowest BCUT2D eigenvalue weighted by Gasteiger charge is -2.22. The Hall–Kier alpha value is -3.19. The summed E-state index contributed by atoms with van der Waals surface area (Å²) in [5, 5.41) is 16.1. The molecule has 5 heterocycles. The minimum absolute atomic E-state index is 0.0830. The molecule has 2 aliphatic heterocycles. The molecule has 1 atom stereocenters. The zero-order valence-electron chi connectivity index (χ0n) is 15.3. The Morgan fingerprint density at radius 3 is 2.66 bits per heavy atom. The maximum absolute atomic E-state index is 13.1. The number of rotatable bonds is 5. The highest BCUT2D eigenvalue weighted by Crippen LogP contribution is 2.34. The van der Waals surface area contributed by atoms with Crippen LogP contribution in [0, 0.1) is 0 Å². The van der Waals surface area contributed by atoms with Crippen LogP contribution < -0.4 is 0 Å². The summed E-state index contributed by atoms with van der Waals surface area (Å²) in [7, 11) is 0. The Kier molecular flexibility index (Phi) is 4.73. The Morgan fingerprint density at radius 1 is 1.17 bits per heavy atom. The zero-order valence-corrected chi connectivity index (χ0v) is 16.9. The van der Waals surface area contributed by atoms with Crippen LogP contribution in [-0.4, -0.2) is 34.4 Å². The second-order valence-corrected chi connectivity index (χ2v) is 8.40. The second kappa shape index (κ2) is 7.67. The summed E-state index contributed by atoms with van der Waals surface area (Å²) >= 11 is 3.25. The highest BCUT2D eigenvalue weighted by atomic mass is 32.1. The lowest BCUT2D eigenvalue weighted by atomic mass is 10.1. The number of thiophene rings is 2. The van der Waals surface area contributed by atoms with Gasteiger partial charge in [-0.2, -0.15) is 10.2 Å². The number of nitrogens with zero attached hydrogens (tertiary/aromatic N) is 4. The normalized spacial score (nSPS) is 18.3. The molecule has 1 unspecified atom stereocenters. The average Bonchev–Trinajstić information content (AvgIpc) is 3.55. The first kappa shape index (κ1) is 17.9. The number of carbonyl (C=O) groups excluding carboxylic acids is 1. The number of allylic oxidation sites excluding steroid dienone is 1. The molecule has 3 aromatic rings. The van der Waals surface area contributed by atoms with Crippen LogP contribution in [0.15, 0.2) is 80.0 Å².